The van der Waals surface area contributed by atoms with Crippen molar-refractivity contribution in [2.75, 3.05) is 0 Å². The highest BCUT2D eigenvalue weighted by Gasteiger charge is 2.18. The number of para-hydroxylation sites is 3. The molecule has 0 saturated heterocycles. The highest BCUT2D eigenvalue weighted by molar-refractivity contribution is 7.26. The lowest BCUT2D eigenvalue weighted by molar-refractivity contribution is 0.670. The second kappa shape index (κ2) is 13.2. The SMILES string of the molecule is c1ccc(-n2ccnc2)c(-c2cccc3c2oc2ccc(-c4cc5cc6sc(-c7ccc8sc9c(-c%10ccccc%10-n%10ccnc%10)cccc9c8c7)cc6cc5s4)cc23)c1. The average molecular weight is 823 g/mol. The van der Waals surface area contributed by atoms with Gasteiger partial charge in [-0.15, -0.1) is 34.0 Å². The summed E-state index contributed by atoms with van der Waals surface area (Å²) >= 11 is 5.60. The number of thiophene rings is 3. The third-order valence-corrected chi connectivity index (χ3v) is 15.2. The molecule has 6 heterocycles. The number of rotatable bonds is 6. The van der Waals surface area contributed by atoms with Gasteiger partial charge in [-0.3, -0.25) is 0 Å². The van der Waals surface area contributed by atoms with Crippen molar-refractivity contribution in [1.29, 1.82) is 0 Å². The van der Waals surface area contributed by atoms with Gasteiger partial charge in [0.1, 0.15) is 11.2 Å². The van der Waals surface area contributed by atoms with E-state index in [1.165, 1.54) is 72.4 Å². The lowest BCUT2D eigenvalue weighted by Gasteiger charge is -2.11. The summed E-state index contributed by atoms with van der Waals surface area (Å²) in [6.07, 6.45) is 11.3. The van der Waals surface area contributed by atoms with Crippen LogP contribution in [-0.4, -0.2) is 19.1 Å². The first kappa shape index (κ1) is 33.8. The molecule has 0 spiro atoms. The van der Waals surface area contributed by atoms with Crippen LogP contribution in [0, 0.1) is 0 Å². The highest BCUT2D eigenvalue weighted by Crippen LogP contribution is 2.46. The van der Waals surface area contributed by atoms with E-state index in [-0.39, 0.29) is 0 Å². The van der Waals surface area contributed by atoms with Gasteiger partial charge in [-0.05, 0) is 88.6 Å². The molecule has 5 nitrogen and oxygen atoms in total. The zero-order valence-corrected chi connectivity index (χ0v) is 34.2. The quantitative estimate of drug-likeness (QED) is 0.168. The number of hydrogen-bond acceptors (Lipinski definition) is 6. The van der Waals surface area contributed by atoms with Crippen LogP contribution in [-0.2, 0) is 0 Å². The molecule has 0 saturated carbocycles. The summed E-state index contributed by atoms with van der Waals surface area (Å²) in [5, 5.41) is 7.39. The summed E-state index contributed by atoms with van der Waals surface area (Å²) in [6.45, 7) is 0. The zero-order valence-electron chi connectivity index (χ0n) is 31.7. The molecule has 8 heteroatoms. The van der Waals surface area contributed by atoms with Gasteiger partial charge in [-0.1, -0.05) is 78.9 Å². The summed E-state index contributed by atoms with van der Waals surface area (Å²) in [5.41, 5.74) is 11.1. The predicted octanol–water partition coefficient (Wildman–Crippen LogP) is 15.4. The molecule has 0 aliphatic heterocycles. The maximum Gasteiger partial charge on any atom is 0.143 e. The molecular weight excluding hydrogens is 793 g/mol. The van der Waals surface area contributed by atoms with Gasteiger partial charge in [0.15, 0.2) is 0 Å². The van der Waals surface area contributed by atoms with Crippen LogP contribution in [0.3, 0.4) is 0 Å². The molecule has 13 rings (SSSR count). The molecule has 7 aromatic carbocycles. The Morgan fingerprint density at radius 2 is 1.02 bits per heavy atom. The largest absolute Gasteiger partial charge is 0.455 e. The van der Waals surface area contributed by atoms with E-state index in [0.717, 1.165) is 44.4 Å². The van der Waals surface area contributed by atoms with Gasteiger partial charge in [0.2, 0.25) is 0 Å². The minimum absolute atomic E-state index is 0.889. The van der Waals surface area contributed by atoms with Gasteiger partial charge < -0.3 is 13.6 Å². The molecule has 0 unspecified atom stereocenters. The maximum absolute atomic E-state index is 6.61. The topological polar surface area (TPSA) is 48.8 Å². The highest BCUT2D eigenvalue weighted by atomic mass is 32.1. The van der Waals surface area contributed by atoms with Crippen molar-refractivity contribution in [1.82, 2.24) is 19.1 Å². The molecule has 0 amide bonds. The molecule has 282 valence electrons. The molecule has 13 aromatic rings. The van der Waals surface area contributed by atoms with Crippen LogP contribution in [0.4, 0.5) is 0 Å². The number of hydrogen-bond donors (Lipinski definition) is 0. The first-order valence-electron chi connectivity index (χ1n) is 19.7. The zero-order chi connectivity index (χ0) is 39.3. The summed E-state index contributed by atoms with van der Waals surface area (Å²) in [4.78, 5) is 11.1. The van der Waals surface area contributed by atoms with Gasteiger partial charge in [-0.25, -0.2) is 9.97 Å². The Kier molecular flexibility index (Phi) is 7.45. The van der Waals surface area contributed by atoms with E-state index in [1.54, 1.807) is 0 Å². The van der Waals surface area contributed by atoms with Gasteiger partial charge in [0.05, 0.1) is 24.0 Å². The number of fused-ring (bicyclic) bond motifs is 8. The van der Waals surface area contributed by atoms with Crippen molar-refractivity contribution >= 4 is 96.3 Å². The van der Waals surface area contributed by atoms with Gasteiger partial charge in [0, 0.05) is 97.1 Å². The second-order valence-corrected chi connectivity index (χ2v) is 18.3. The van der Waals surface area contributed by atoms with Crippen LogP contribution in [0.15, 0.2) is 187 Å². The van der Waals surface area contributed by atoms with E-state index in [2.05, 4.69) is 160 Å². The Bertz CT molecular complexity index is 3490. The molecule has 6 aromatic heterocycles. The Balaban J connectivity index is 0.850. The fourth-order valence-electron chi connectivity index (χ4n) is 8.84. The maximum atomic E-state index is 6.61. The third-order valence-electron chi connectivity index (χ3n) is 11.7. The minimum Gasteiger partial charge on any atom is -0.455 e. The first-order valence-corrected chi connectivity index (χ1v) is 22.2. The molecule has 0 aliphatic carbocycles. The van der Waals surface area contributed by atoms with E-state index in [0.29, 0.717) is 0 Å². The fraction of sp³-hybridized carbons (Fsp3) is 0. The van der Waals surface area contributed by atoms with Crippen LogP contribution in [0.1, 0.15) is 0 Å². The molecule has 0 bridgehead atoms. The standard InChI is InChI=1S/C52H30N4OS3/c1-3-13-43(55-21-19-53-29-55)35(7-1)37-9-5-10-38-41-23-31(15-17-45(41)57-51(37)38)47-25-33-27-50-34(28-49(33)58-47)26-48(59-50)32-16-18-46-42(24-32)40-12-6-11-39(52(40)60-46)36-8-2-4-14-44(36)56-22-20-54-30-56/h1-30H. The Morgan fingerprint density at radius 3 is 1.68 bits per heavy atom. The Hall–Kier alpha value is -7.10. The number of aromatic nitrogens is 4. The van der Waals surface area contributed by atoms with Gasteiger partial charge in [-0.2, -0.15) is 0 Å². The smallest absolute Gasteiger partial charge is 0.143 e. The summed E-state index contributed by atoms with van der Waals surface area (Å²) in [6, 6.07) is 53.2. The van der Waals surface area contributed by atoms with E-state index < -0.39 is 0 Å². The Labute approximate surface area is 355 Å². The van der Waals surface area contributed by atoms with Gasteiger partial charge >= 0.3 is 0 Å². The van der Waals surface area contributed by atoms with Crippen LogP contribution in [0.2, 0.25) is 0 Å². The van der Waals surface area contributed by atoms with Crippen molar-refractivity contribution in [3.63, 3.8) is 0 Å². The molecular formula is C52H30N4OS3. The van der Waals surface area contributed by atoms with E-state index in [4.69, 9.17) is 4.42 Å². The van der Waals surface area contributed by atoms with Crippen molar-refractivity contribution in [2.45, 2.75) is 0 Å². The van der Waals surface area contributed by atoms with Crippen molar-refractivity contribution in [2.24, 2.45) is 0 Å². The van der Waals surface area contributed by atoms with Crippen LogP contribution in [0.25, 0.3) is 117 Å². The first-order chi connectivity index (χ1) is 29.7. The molecule has 0 radical (unpaired) electrons. The number of furan rings is 1. The second-order valence-electron chi connectivity index (χ2n) is 15.1. The minimum atomic E-state index is 0.889. The molecule has 0 aliphatic rings. The van der Waals surface area contributed by atoms with Crippen LogP contribution in [0.5, 0.6) is 0 Å². The predicted molar refractivity (Wildman–Crippen MR) is 253 cm³/mol. The summed E-state index contributed by atoms with van der Waals surface area (Å²) in [7, 11) is 0. The van der Waals surface area contributed by atoms with Gasteiger partial charge in [0.25, 0.3) is 0 Å². The summed E-state index contributed by atoms with van der Waals surface area (Å²) in [5.74, 6) is 0. The molecule has 0 atom stereocenters. The van der Waals surface area contributed by atoms with E-state index in [9.17, 15) is 0 Å². The molecule has 0 N–H and O–H groups in total. The number of imidazole rings is 2. The fourth-order valence-corrected chi connectivity index (χ4v) is 12.2. The summed E-state index contributed by atoms with van der Waals surface area (Å²) < 4.78 is 15.9. The van der Waals surface area contributed by atoms with E-state index >= 15 is 0 Å². The third kappa shape index (κ3) is 5.28. The van der Waals surface area contributed by atoms with Crippen LogP contribution >= 0.6 is 34.0 Å². The van der Waals surface area contributed by atoms with Crippen molar-refractivity contribution in [3.05, 3.63) is 183 Å². The average Bonchev–Trinajstić information content (AvgIpc) is 4.16. The Morgan fingerprint density at radius 1 is 0.433 bits per heavy atom. The van der Waals surface area contributed by atoms with Crippen molar-refractivity contribution in [3.8, 4) is 54.5 Å². The normalized spacial score (nSPS) is 12.0. The molecule has 0 fully saturated rings. The lowest BCUT2D eigenvalue weighted by atomic mass is 10.00. The number of nitrogens with zero attached hydrogens (tertiary/aromatic N) is 4. The lowest BCUT2D eigenvalue weighted by Crippen LogP contribution is -1.93. The van der Waals surface area contributed by atoms with E-state index in [1.807, 2.05) is 76.0 Å². The van der Waals surface area contributed by atoms with Crippen molar-refractivity contribution < 1.29 is 4.42 Å². The number of benzene rings is 7. The monoisotopic (exact) mass is 822 g/mol. The molecule has 60 heavy (non-hydrogen) atoms. The van der Waals surface area contributed by atoms with Crippen LogP contribution < -0.4 is 0 Å².